The van der Waals surface area contributed by atoms with Crippen molar-refractivity contribution in [2.24, 2.45) is 4.99 Å². The maximum atomic E-state index is 9.65. The van der Waals surface area contributed by atoms with Gasteiger partial charge in [-0.3, -0.25) is 4.99 Å². The molecule has 0 aromatic carbocycles. The first-order valence-corrected chi connectivity index (χ1v) is 5.64. The van der Waals surface area contributed by atoms with Crippen molar-refractivity contribution in [3.05, 3.63) is 10.7 Å². The zero-order valence-electron chi connectivity index (χ0n) is 7.72. The molecule has 0 bridgehead atoms. The summed E-state index contributed by atoms with van der Waals surface area (Å²) in [6, 6.07) is 0. The Hall–Kier alpha value is 0.490. The number of hydrogen-bond donors (Lipinski definition) is 2. The van der Waals surface area contributed by atoms with E-state index < -0.39 is 22.4 Å². The highest BCUT2D eigenvalue weighted by molar-refractivity contribution is 6.61. The second-order valence-electron chi connectivity index (χ2n) is 3.18. The summed E-state index contributed by atoms with van der Waals surface area (Å²) in [5, 5.41) is 17.7. The fraction of sp³-hybridized carbons (Fsp3) is 0.625. The smallest absolute Gasteiger partial charge is 0.154 e. The fourth-order valence-corrected chi connectivity index (χ4v) is 2.28. The summed E-state index contributed by atoms with van der Waals surface area (Å²) in [6.07, 6.45) is -1.15. The number of aliphatic imine (C=N–C) groups is 1. The zero-order chi connectivity index (χ0) is 11.8. The van der Waals surface area contributed by atoms with Gasteiger partial charge in [0, 0.05) is 0 Å². The van der Waals surface area contributed by atoms with Crippen LogP contribution in [0.3, 0.4) is 0 Å². The Kier molecular flexibility index (Phi) is 4.32. The molecular formula is C8H9Cl4NO2. The predicted molar refractivity (Wildman–Crippen MR) is 63.2 cm³/mol. The van der Waals surface area contributed by atoms with Gasteiger partial charge in [0.2, 0.25) is 0 Å². The molecule has 0 aliphatic carbocycles. The molecule has 0 aromatic heterocycles. The van der Waals surface area contributed by atoms with Crippen molar-refractivity contribution in [2.45, 2.75) is 22.7 Å². The van der Waals surface area contributed by atoms with Gasteiger partial charge < -0.3 is 10.2 Å². The number of halogens is 4. The molecule has 0 saturated heterocycles. The lowest BCUT2D eigenvalue weighted by atomic mass is 10.0. The Bertz CT molecular complexity index is 321. The van der Waals surface area contributed by atoms with Crippen molar-refractivity contribution < 1.29 is 10.2 Å². The van der Waals surface area contributed by atoms with E-state index in [4.69, 9.17) is 51.5 Å². The molecule has 0 aromatic rings. The van der Waals surface area contributed by atoms with E-state index in [-0.39, 0.29) is 16.4 Å². The lowest BCUT2D eigenvalue weighted by molar-refractivity contribution is 0.222. The van der Waals surface area contributed by atoms with Crippen LogP contribution in [0.4, 0.5) is 0 Å². The monoisotopic (exact) mass is 291 g/mol. The molecule has 0 radical (unpaired) electrons. The molecule has 2 unspecified atom stereocenters. The molecule has 1 aliphatic rings. The molecule has 0 spiro atoms. The summed E-state index contributed by atoms with van der Waals surface area (Å²) in [4.78, 5) is 3.94. The van der Waals surface area contributed by atoms with Crippen molar-refractivity contribution in [2.75, 3.05) is 6.61 Å². The van der Waals surface area contributed by atoms with Crippen molar-refractivity contribution in [1.29, 1.82) is 0 Å². The van der Waals surface area contributed by atoms with Crippen molar-refractivity contribution in [1.82, 2.24) is 0 Å². The number of aliphatic hydroxyl groups is 2. The van der Waals surface area contributed by atoms with Crippen molar-refractivity contribution in [3.63, 3.8) is 0 Å². The van der Waals surface area contributed by atoms with Gasteiger partial charge in [-0.1, -0.05) is 34.8 Å². The molecular weight excluding hydrogens is 284 g/mol. The first kappa shape index (κ1) is 13.6. The van der Waals surface area contributed by atoms with Gasteiger partial charge in [-0.2, -0.15) is 0 Å². The lowest BCUT2D eigenvalue weighted by Crippen LogP contribution is -2.41. The van der Waals surface area contributed by atoms with Crippen LogP contribution in [0.1, 0.15) is 6.92 Å². The maximum absolute atomic E-state index is 9.65. The topological polar surface area (TPSA) is 52.8 Å². The molecule has 2 atom stereocenters. The van der Waals surface area contributed by atoms with Crippen LogP contribution in [0.25, 0.3) is 0 Å². The van der Waals surface area contributed by atoms with E-state index in [0.29, 0.717) is 0 Å². The molecule has 0 amide bonds. The quantitative estimate of drug-likeness (QED) is 0.766. The summed E-state index contributed by atoms with van der Waals surface area (Å²) in [6.45, 7) is 1.07. The Morgan fingerprint density at radius 2 is 2.00 bits per heavy atom. The van der Waals surface area contributed by atoms with Crippen LogP contribution >= 0.6 is 46.4 Å². The summed E-state index contributed by atoms with van der Waals surface area (Å²) in [5.74, 6) is 0. The van der Waals surface area contributed by atoms with E-state index in [1.54, 1.807) is 0 Å². The first-order chi connectivity index (χ1) is 6.79. The number of aliphatic hydroxyl groups excluding tert-OH is 2. The third-order valence-corrected chi connectivity index (χ3v) is 3.20. The lowest BCUT2D eigenvalue weighted by Gasteiger charge is -2.29. The Morgan fingerprint density at radius 3 is 2.40 bits per heavy atom. The van der Waals surface area contributed by atoms with Crippen LogP contribution in [0.15, 0.2) is 15.7 Å². The molecule has 7 heteroatoms. The Balaban J connectivity index is 3.18. The van der Waals surface area contributed by atoms with Crippen LogP contribution < -0.4 is 0 Å². The summed E-state index contributed by atoms with van der Waals surface area (Å²) in [7, 11) is 0. The van der Waals surface area contributed by atoms with Crippen molar-refractivity contribution in [3.8, 4) is 0 Å². The van der Waals surface area contributed by atoms with Gasteiger partial charge in [-0.25, -0.2) is 0 Å². The van der Waals surface area contributed by atoms with Gasteiger partial charge in [0.15, 0.2) is 4.33 Å². The number of rotatable bonds is 2. The predicted octanol–water partition coefficient (Wildman–Crippen LogP) is 2.05. The summed E-state index contributed by atoms with van der Waals surface area (Å²) < 4.78 is -1.31. The van der Waals surface area contributed by atoms with E-state index in [9.17, 15) is 5.11 Å². The molecule has 86 valence electrons. The zero-order valence-corrected chi connectivity index (χ0v) is 10.7. The largest absolute Gasteiger partial charge is 0.390 e. The van der Waals surface area contributed by atoms with Gasteiger partial charge >= 0.3 is 0 Å². The van der Waals surface area contributed by atoms with Gasteiger partial charge in [-0.15, -0.1) is 11.6 Å². The van der Waals surface area contributed by atoms with Crippen molar-refractivity contribution >= 4 is 52.1 Å². The summed E-state index contributed by atoms with van der Waals surface area (Å²) in [5.41, 5.74) is 0.303. The average molecular weight is 293 g/mol. The maximum Gasteiger partial charge on any atom is 0.154 e. The normalized spacial score (nSPS) is 28.1. The third kappa shape index (κ3) is 2.78. The molecule has 0 fully saturated rings. The van der Waals surface area contributed by atoms with Crippen LogP contribution in [0.5, 0.6) is 0 Å². The van der Waals surface area contributed by atoms with E-state index in [1.807, 2.05) is 0 Å². The number of hydrogen-bond acceptors (Lipinski definition) is 3. The van der Waals surface area contributed by atoms with E-state index >= 15 is 0 Å². The molecule has 15 heavy (non-hydrogen) atoms. The SMILES string of the molecule is CC(Cl)(Cl)C1=NC(CO)=C(Cl)C(O)C1Cl. The van der Waals surface area contributed by atoms with E-state index in [2.05, 4.69) is 4.99 Å². The van der Waals surface area contributed by atoms with E-state index in [0.717, 1.165) is 0 Å². The average Bonchev–Trinajstić information content (AvgIpc) is 2.13. The van der Waals surface area contributed by atoms with Crippen LogP contribution in [0.2, 0.25) is 0 Å². The van der Waals surface area contributed by atoms with Crippen LogP contribution in [-0.4, -0.2) is 38.3 Å². The number of nitrogens with zero attached hydrogens (tertiary/aromatic N) is 1. The highest BCUT2D eigenvalue weighted by Gasteiger charge is 2.39. The van der Waals surface area contributed by atoms with Crippen LogP contribution in [-0.2, 0) is 0 Å². The second kappa shape index (κ2) is 4.78. The van der Waals surface area contributed by atoms with Crippen LogP contribution in [0, 0.1) is 0 Å². The first-order valence-electron chi connectivity index (χ1n) is 4.07. The van der Waals surface area contributed by atoms with Gasteiger partial charge in [0.1, 0.15) is 11.5 Å². The molecule has 3 nitrogen and oxygen atoms in total. The Morgan fingerprint density at radius 1 is 1.47 bits per heavy atom. The second-order valence-corrected chi connectivity index (χ2v) is 5.77. The van der Waals surface area contributed by atoms with Gasteiger partial charge in [0.25, 0.3) is 0 Å². The summed E-state index contributed by atoms with van der Waals surface area (Å²) >= 11 is 23.3. The highest BCUT2D eigenvalue weighted by atomic mass is 35.5. The molecule has 0 saturated carbocycles. The Labute approximate surface area is 107 Å². The minimum atomic E-state index is -1.31. The number of alkyl halides is 3. The standard InChI is InChI=1S/C8H9Cl4NO2/c1-8(11,12)7-5(10)6(15)4(9)3(2-14)13-7/h5-6,14-15H,2H2,1H3. The fourth-order valence-electron chi connectivity index (χ4n) is 1.16. The minimum Gasteiger partial charge on any atom is -0.390 e. The highest BCUT2D eigenvalue weighted by Crippen LogP contribution is 2.34. The third-order valence-electron chi connectivity index (χ3n) is 1.93. The van der Waals surface area contributed by atoms with E-state index in [1.165, 1.54) is 6.92 Å². The molecule has 2 N–H and O–H groups in total. The minimum absolute atomic E-state index is 0.0128. The van der Waals surface area contributed by atoms with Gasteiger partial charge in [0.05, 0.1) is 23.0 Å². The molecule has 1 rings (SSSR count). The molecule has 1 heterocycles. The molecule has 1 aliphatic heterocycles. The van der Waals surface area contributed by atoms with Gasteiger partial charge in [-0.05, 0) is 6.92 Å².